The number of amides is 3. The van der Waals surface area contributed by atoms with E-state index in [1.54, 1.807) is 20.8 Å². The Bertz CT molecular complexity index is 694. The van der Waals surface area contributed by atoms with Crippen LogP contribution in [-0.4, -0.2) is 65.4 Å². The molecule has 0 heterocycles. The van der Waals surface area contributed by atoms with Gasteiger partial charge in [-0.25, -0.2) is 9.59 Å². The Morgan fingerprint density at radius 1 is 0.765 bits per heavy atom. The van der Waals surface area contributed by atoms with Crippen LogP contribution in [0.4, 0.5) is 4.79 Å². The van der Waals surface area contributed by atoms with E-state index in [1.165, 1.54) is 21.0 Å². The quantitative estimate of drug-likeness (QED) is 0.309. The second kappa shape index (κ2) is 13.5. The summed E-state index contributed by atoms with van der Waals surface area (Å²) in [7, 11) is 1.23. The summed E-state index contributed by atoms with van der Waals surface area (Å²) in [4.78, 5) is 50.6. The fourth-order valence-corrected chi connectivity index (χ4v) is 3.23. The van der Waals surface area contributed by atoms with Gasteiger partial charge in [-0.2, -0.15) is 0 Å². The number of carbonyl (C=O) groups is 4. The van der Waals surface area contributed by atoms with Gasteiger partial charge in [-0.05, 0) is 59.3 Å². The molecule has 10 heteroatoms. The standard InChI is InChI=1S/C24H45N3O7/c1-14(2)11-16(27-22(31)34-23(5,6)7)19(28)26-18(13-24(8,9)32)20(29)25-17(12-15(3)4)21(30)33-10/h14-18,32H,11-13H2,1-10H3,(H,25,29)(H,26,28)(H,27,31)/t16-,17-,18-/m0/s1. The zero-order valence-electron chi connectivity index (χ0n) is 22.4. The number of hydrogen-bond donors (Lipinski definition) is 4. The molecule has 3 amide bonds. The molecule has 0 aliphatic heterocycles. The Kier molecular flexibility index (Phi) is 12.6. The van der Waals surface area contributed by atoms with Gasteiger partial charge in [0.1, 0.15) is 23.7 Å². The maximum Gasteiger partial charge on any atom is 0.408 e. The molecule has 0 rings (SSSR count). The maximum atomic E-state index is 13.1. The third-order valence-electron chi connectivity index (χ3n) is 4.56. The Morgan fingerprint density at radius 3 is 1.62 bits per heavy atom. The molecule has 0 aromatic carbocycles. The lowest BCUT2D eigenvalue weighted by atomic mass is 9.96. The molecule has 3 atom stereocenters. The summed E-state index contributed by atoms with van der Waals surface area (Å²) in [6.07, 6.45) is -0.210. The summed E-state index contributed by atoms with van der Waals surface area (Å²) in [5.41, 5.74) is -2.04. The fourth-order valence-electron chi connectivity index (χ4n) is 3.23. The van der Waals surface area contributed by atoms with Crippen molar-refractivity contribution < 1.29 is 33.8 Å². The van der Waals surface area contributed by atoms with Crippen LogP contribution in [0, 0.1) is 11.8 Å². The Hall–Kier alpha value is -2.36. The van der Waals surface area contributed by atoms with Crippen molar-refractivity contribution in [1.82, 2.24) is 16.0 Å². The molecule has 0 aromatic rings. The average Bonchev–Trinajstić information content (AvgIpc) is 2.62. The van der Waals surface area contributed by atoms with Crippen molar-refractivity contribution in [1.29, 1.82) is 0 Å². The summed E-state index contributed by atoms with van der Waals surface area (Å²) < 4.78 is 10.1. The monoisotopic (exact) mass is 487 g/mol. The molecule has 0 fully saturated rings. The van der Waals surface area contributed by atoms with Crippen LogP contribution in [0.2, 0.25) is 0 Å². The highest BCUT2D eigenvalue weighted by Gasteiger charge is 2.34. The molecule has 4 N–H and O–H groups in total. The van der Waals surface area contributed by atoms with E-state index in [4.69, 9.17) is 9.47 Å². The van der Waals surface area contributed by atoms with Crippen LogP contribution in [-0.2, 0) is 23.9 Å². The minimum Gasteiger partial charge on any atom is -0.467 e. The molecule has 0 radical (unpaired) electrons. The predicted molar refractivity (Wildman–Crippen MR) is 129 cm³/mol. The first-order chi connectivity index (χ1) is 15.3. The smallest absolute Gasteiger partial charge is 0.408 e. The van der Waals surface area contributed by atoms with Crippen molar-refractivity contribution in [3.63, 3.8) is 0 Å². The molecule has 198 valence electrons. The SMILES string of the molecule is COC(=O)[C@H](CC(C)C)NC(=O)[C@H](CC(C)(C)O)NC(=O)[C@H](CC(C)C)NC(=O)OC(C)(C)C. The predicted octanol–water partition coefficient (Wildman–Crippen LogP) is 2.28. The summed E-state index contributed by atoms with van der Waals surface area (Å²) in [5, 5.41) is 18.2. The first-order valence-electron chi connectivity index (χ1n) is 11.7. The number of rotatable bonds is 12. The average molecular weight is 488 g/mol. The lowest BCUT2D eigenvalue weighted by Crippen LogP contribution is -2.57. The number of aliphatic hydroxyl groups is 1. The van der Waals surface area contributed by atoms with Crippen molar-refractivity contribution in [3.8, 4) is 0 Å². The summed E-state index contributed by atoms with van der Waals surface area (Å²) >= 11 is 0. The number of ether oxygens (including phenoxy) is 2. The summed E-state index contributed by atoms with van der Waals surface area (Å²) in [5.74, 6) is -1.67. The molecule has 0 bridgehead atoms. The highest BCUT2D eigenvalue weighted by Crippen LogP contribution is 2.15. The zero-order chi connectivity index (χ0) is 26.9. The second-order valence-corrected chi connectivity index (χ2v) is 11.1. The van der Waals surface area contributed by atoms with Gasteiger partial charge in [-0.15, -0.1) is 0 Å². The lowest BCUT2D eigenvalue weighted by molar-refractivity contribution is -0.146. The maximum absolute atomic E-state index is 13.1. The molecule has 0 unspecified atom stereocenters. The van der Waals surface area contributed by atoms with E-state index in [2.05, 4.69) is 16.0 Å². The van der Waals surface area contributed by atoms with E-state index < -0.39 is 53.2 Å². The van der Waals surface area contributed by atoms with Crippen LogP contribution in [0.5, 0.6) is 0 Å². The van der Waals surface area contributed by atoms with Crippen molar-refractivity contribution in [3.05, 3.63) is 0 Å². The number of carbonyl (C=O) groups excluding carboxylic acids is 4. The fraction of sp³-hybridized carbons (Fsp3) is 0.833. The first kappa shape index (κ1) is 31.6. The lowest BCUT2D eigenvalue weighted by Gasteiger charge is -2.29. The Labute approximate surface area is 203 Å². The summed E-state index contributed by atoms with van der Waals surface area (Å²) in [6, 6.07) is -3.01. The second-order valence-electron chi connectivity index (χ2n) is 11.1. The largest absolute Gasteiger partial charge is 0.467 e. The number of esters is 1. The van der Waals surface area contributed by atoms with Crippen molar-refractivity contribution in [2.75, 3.05) is 7.11 Å². The van der Waals surface area contributed by atoms with E-state index in [9.17, 15) is 24.3 Å². The molecule has 0 saturated carbocycles. The normalized spacial score (nSPS) is 14.7. The molecule has 10 nitrogen and oxygen atoms in total. The Balaban J connectivity index is 5.69. The van der Waals surface area contributed by atoms with Crippen LogP contribution >= 0.6 is 0 Å². The van der Waals surface area contributed by atoms with E-state index in [1.807, 2.05) is 27.7 Å². The van der Waals surface area contributed by atoms with Crippen LogP contribution in [0.3, 0.4) is 0 Å². The van der Waals surface area contributed by atoms with Gasteiger partial charge < -0.3 is 30.5 Å². The molecule has 34 heavy (non-hydrogen) atoms. The van der Waals surface area contributed by atoms with Gasteiger partial charge in [0.25, 0.3) is 0 Å². The van der Waals surface area contributed by atoms with Crippen LogP contribution < -0.4 is 16.0 Å². The van der Waals surface area contributed by atoms with Crippen molar-refractivity contribution in [2.24, 2.45) is 11.8 Å². The van der Waals surface area contributed by atoms with Crippen LogP contribution in [0.25, 0.3) is 0 Å². The number of hydrogen-bond acceptors (Lipinski definition) is 7. The number of nitrogens with one attached hydrogen (secondary N) is 3. The van der Waals surface area contributed by atoms with Gasteiger partial charge >= 0.3 is 12.1 Å². The highest BCUT2D eigenvalue weighted by molar-refractivity contribution is 5.93. The van der Waals surface area contributed by atoms with Gasteiger partial charge in [0.05, 0.1) is 12.7 Å². The van der Waals surface area contributed by atoms with E-state index in [-0.39, 0.29) is 18.3 Å². The summed E-state index contributed by atoms with van der Waals surface area (Å²) in [6.45, 7) is 15.7. The van der Waals surface area contributed by atoms with Gasteiger partial charge in [0, 0.05) is 6.42 Å². The molecule has 0 aliphatic rings. The molecule has 0 aromatic heterocycles. The van der Waals surface area contributed by atoms with Gasteiger partial charge in [-0.3, -0.25) is 9.59 Å². The third kappa shape index (κ3) is 14.0. The van der Waals surface area contributed by atoms with Gasteiger partial charge in [0.2, 0.25) is 11.8 Å². The molecular formula is C24H45N3O7. The molecule has 0 saturated heterocycles. The van der Waals surface area contributed by atoms with E-state index in [0.717, 1.165) is 0 Å². The van der Waals surface area contributed by atoms with Crippen molar-refractivity contribution in [2.45, 2.75) is 111 Å². The molecular weight excluding hydrogens is 442 g/mol. The first-order valence-corrected chi connectivity index (χ1v) is 11.7. The van der Waals surface area contributed by atoms with Gasteiger partial charge in [-0.1, -0.05) is 27.7 Å². The van der Waals surface area contributed by atoms with Gasteiger partial charge in [0.15, 0.2) is 0 Å². The van der Waals surface area contributed by atoms with E-state index in [0.29, 0.717) is 12.8 Å². The topological polar surface area (TPSA) is 143 Å². The van der Waals surface area contributed by atoms with Crippen molar-refractivity contribution >= 4 is 23.9 Å². The Morgan fingerprint density at radius 2 is 1.21 bits per heavy atom. The van der Waals surface area contributed by atoms with Crippen LogP contribution in [0.15, 0.2) is 0 Å². The molecule has 0 aliphatic carbocycles. The third-order valence-corrected chi connectivity index (χ3v) is 4.56. The minimum atomic E-state index is -1.29. The van der Waals surface area contributed by atoms with E-state index >= 15 is 0 Å². The van der Waals surface area contributed by atoms with Crippen LogP contribution in [0.1, 0.15) is 81.6 Å². The zero-order valence-corrected chi connectivity index (χ0v) is 22.4. The molecule has 0 spiro atoms. The number of methoxy groups -OCH3 is 1. The highest BCUT2D eigenvalue weighted by atomic mass is 16.6. The minimum absolute atomic E-state index is 0.0574. The number of alkyl carbamates (subject to hydrolysis) is 1.